The third-order valence-corrected chi connectivity index (χ3v) is 15.8. The van der Waals surface area contributed by atoms with Crippen LogP contribution in [0.1, 0.15) is 72.9 Å². The summed E-state index contributed by atoms with van der Waals surface area (Å²) >= 11 is 6.79. The van der Waals surface area contributed by atoms with Crippen molar-refractivity contribution >= 4 is 45.6 Å². The van der Waals surface area contributed by atoms with Crippen LogP contribution in [0.25, 0.3) is 11.1 Å². The minimum Gasteiger partial charge on any atom is -0.416 e. The highest BCUT2D eigenvalue weighted by Gasteiger charge is 2.39. The molecule has 2 aromatic heterocycles. The van der Waals surface area contributed by atoms with Crippen molar-refractivity contribution in [2.24, 2.45) is 11.3 Å². The first-order valence-corrected chi connectivity index (χ1v) is 23.7. The Bertz CT molecular complexity index is 1350. The van der Waals surface area contributed by atoms with E-state index in [0.717, 1.165) is 42.1 Å². The second-order valence-corrected chi connectivity index (χ2v) is 27.4. The highest BCUT2D eigenvalue weighted by atomic mass is 35.5. The molecule has 1 fully saturated rings. The molecule has 1 saturated carbocycles. The highest BCUT2D eigenvalue weighted by molar-refractivity contribution is 6.76. The van der Waals surface area contributed by atoms with Gasteiger partial charge in [-0.3, -0.25) is 9.59 Å². The third-order valence-electron chi connectivity index (χ3n) is 9.28. The van der Waals surface area contributed by atoms with Gasteiger partial charge in [0.2, 0.25) is 11.8 Å². The molecular formula is C34H58ClN5O4Si2. The van der Waals surface area contributed by atoms with Crippen LogP contribution in [0.4, 0.5) is 5.82 Å². The number of amides is 2. The lowest BCUT2D eigenvalue weighted by Gasteiger charge is -2.39. The molecule has 46 heavy (non-hydrogen) atoms. The lowest BCUT2D eigenvalue weighted by Crippen LogP contribution is -2.43. The molecule has 9 nitrogen and oxygen atoms in total. The van der Waals surface area contributed by atoms with Crippen LogP contribution in [0.2, 0.25) is 48.8 Å². The molecule has 0 spiro atoms. The Morgan fingerprint density at radius 1 is 1.07 bits per heavy atom. The van der Waals surface area contributed by atoms with Crippen LogP contribution in [0.5, 0.6) is 0 Å². The molecule has 2 amide bonds. The first-order valence-electron chi connectivity index (χ1n) is 16.7. The number of carbonyl (C=O) groups excluding carboxylic acids is 2. The number of anilines is 1. The monoisotopic (exact) mass is 691 g/mol. The van der Waals surface area contributed by atoms with Gasteiger partial charge in [-0.15, -0.1) is 0 Å². The van der Waals surface area contributed by atoms with Crippen molar-refractivity contribution < 1.29 is 18.8 Å². The van der Waals surface area contributed by atoms with Gasteiger partial charge in [-0.1, -0.05) is 72.3 Å². The van der Waals surface area contributed by atoms with Crippen molar-refractivity contribution in [1.82, 2.24) is 20.1 Å². The van der Waals surface area contributed by atoms with Gasteiger partial charge in [0, 0.05) is 63.2 Å². The number of aromatic nitrogens is 3. The smallest absolute Gasteiger partial charge is 0.228 e. The summed E-state index contributed by atoms with van der Waals surface area (Å²) in [5.74, 6) is 0.0885. The van der Waals surface area contributed by atoms with Crippen molar-refractivity contribution in [2.75, 3.05) is 18.5 Å². The molecule has 1 aliphatic carbocycles. The van der Waals surface area contributed by atoms with Gasteiger partial charge < -0.3 is 19.8 Å². The zero-order chi connectivity index (χ0) is 34.5. The maximum Gasteiger partial charge on any atom is 0.228 e. The Hall–Kier alpha value is -2.06. The molecule has 2 heterocycles. The molecule has 3 rings (SSSR count). The van der Waals surface area contributed by atoms with Gasteiger partial charge >= 0.3 is 0 Å². The molecule has 1 aliphatic rings. The summed E-state index contributed by atoms with van der Waals surface area (Å²) in [4.78, 5) is 29.3. The minimum atomic E-state index is -1.94. The molecule has 0 saturated heterocycles. The fourth-order valence-corrected chi connectivity index (χ4v) is 7.49. The summed E-state index contributed by atoms with van der Waals surface area (Å²) in [6.07, 6.45) is 7.30. The number of carbonyl (C=O) groups is 2. The average Bonchev–Trinajstić information content (AvgIpc) is 3.31. The van der Waals surface area contributed by atoms with Crippen molar-refractivity contribution in [3.8, 4) is 11.1 Å². The molecule has 0 bridgehead atoms. The van der Waals surface area contributed by atoms with Gasteiger partial charge in [-0.25, -0.2) is 9.67 Å². The van der Waals surface area contributed by atoms with E-state index in [9.17, 15) is 9.59 Å². The molecule has 2 N–H and O–H groups in total. The van der Waals surface area contributed by atoms with Gasteiger partial charge in [0.05, 0.1) is 11.2 Å². The van der Waals surface area contributed by atoms with Gasteiger partial charge in [-0.05, 0) is 61.3 Å². The van der Waals surface area contributed by atoms with E-state index in [4.69, 9.17) is 25.9 Å². The van der Waals surface area contributed by atoms with Crippen LogP contribution in [0, 0.1) is 11.3 Å². The summed E-state index contributed by atoms with van der Waals surface area (Å²) in [5.41, 5.74) is 2.46. The molecule has 258 valence electrons. The second kappa shape index (κ2) is 15.4. The Morgan fingerprint density at radius 3 is 2.39 bits per heavy atom. The molecule has 0 unspecified atom stereocenters. The largest absolute Gasteiger partial charge is 0.416 e. The van der Waals surface area contributed by atoms with Gasteiger partial charge in [0.1, 0.15) is 12.5 Å². The van der Waals surface area contributed by atoms with Crippen molar-refractivity contribution in [3.63, 3.8) is 0 Å². The average molecular weight is 692 g/mol. The Balaban J connectivity index is 1.88. The summed E-state index contributed by atoms with van der Waals surface area (Å²) in [7, 11) is -3.18. The Kier molecular flexibility index (Phi) is 12.9. The molecule has 12 heteroatoms. The molecule has 0 radical (unpaired) electrons. The van der Waals surface area contributed by atoms with Crippen LogP contribution in [0.15, 0.2) is 18.5 Å². The number of nitrogens with one attached hydrogen (secondary N) is 2. The normalized spacial score (nSPS) is 18.0. The van der Waals surface area contributed by atoms with Crippen LogP contribution < -0.4 is 10.6 Å². The lowest BCUT2D eigenvalue weighted by atomic mass is 9.85. The first kappa shape index (κ1) is 38.4. The van der Waals surface area contributed by atoms with Crippen LogP contribution in [0.3, 0.4) is 0 Å². The predicted octanol–water partition coefficient (Wildman–Crippen LogP) is 8.13. The van der Waals surface area contributed by atoms with E-state index >= 15 is 0 Å². The van der Waals surface area contributed by atoms with Crippen LogP contribution in [-0.4, -0.2) is 62.2 Å². The van der Waals surface area contributed by atoms with Gasteiger partial charge in [-0.2, -0.15) is 5.10 Å². The standard InChI is InChI=1S/C34H58ClN5O4Si2/c1-24(41)38-26-14-12-13-25(17-26)32(42)39-31-18-27(29(35)21-36-31)28-20-37-40(23-43-15-16-45(7,8)9)30(28)19-34(5,6)22-44-46(10,11)33(2,3)4/h18,20-21,25-26H,12-17,19,22-23H2,1-11H3,(H,38,41)(H,36,39,42)/t25-,26+/m0/s1. The van der Waals surface area contributed by atoms with Crippen molar-refractivity contribution in [3.05, 3.63) is 29.2 Å². The quantitative estimate of drug-likeness (QED) is 0.153. The topological polar surface area (TPSA) is 107 Å². The van der Waals surface area contributed by atoms with Crippen LogP contribution >= 0.6 is 11.6 Å². The number of halogens is 1. The number of pyridine rings is 1. The summed E-state index contributed by atoms with van der Waals surface area (Å²) in [6, 6.07) is 2.93. The summed E-state index contributed by atoms with van der Waals surface area (Å²) in [5, 5.41) is 11.4. The SMILES string of the molecule is CC(=O)N[C@@H]1CCC[C@H](C(=O)Nc2cc(-c3cnn(COCC[Si](C)(C)C)c3CC(C)(C)CO[Si](C)(C)C(C)(C)C)c(Cl)cn2)C1. The zero-order valence-electron chi connectivity index (χ0n) is 30.1. The molecular weight excluding hydrogens is 634 g/mol. The van der Waals surface area contributed by atoms with E-state index in [2.05, 4.69) is 83.0 Å². The number of hydrogen-bond acceptors (Lipinski definition) is 6. The number of rotatable bonds is 14. The molecule has 0 aliphatic heterocycles. The zero-order valence-corrected chi connectivity index (χ0v) is 32.9. The summed E-state index contributed by atoms with van der Waals surface area (Å²) < 4.78 is 14.8. The number of ether oxygens (including phenoxy) is 1. The number of hydrogen-bond donors (Lipinski definition) is 2. The fourth-order valence-electron chi connectivity index (χ4n) is 5.35. The molecule has 2 atom stereocenters. The third kappa shape index (κ3) is 11.3. The lowest BCUT2D eigenvalue weighted by molar-refractivity contribution is -0.123. The van der Waals surface area contributed by atoms with Gasteiger partial charge in [0.15, 0.2) is 8.32 Å². The fraction of sp³-hybridized carbons (Fsp3) is 0.706. The van der Waals surface area contributed by atoms with E-state index in [1.165, 1.54) is 6.92 Å². The minimum absolute atomic E-state index is 0.0149. The summed E-state index contributed by atoms with van der Waals surface area (Å²) in [6.45, 7) is 26.0. The van der Waals surface area contributed by atoms with Crippen molar-refractivity contribution in [2.45, 2.75) is 130 Å². The molecule has 2 aromatic rings. The van der Waals surface area contributed by atoms with E-state index < -0.39 is 16.4 Å². The van der Waals surface area contributed by atoms with E-state index in [-0.39, 0.29) is 34.2 Å². The van der Waals surface area contributed by atoms with Crippen molar-refractivity contribution in [1.29, 1.82) is 0 Å². The maximum absolute atomic E-state index is 13.3. The van der Waals surface area contributed by atoms with Crippen LogP contribution in [-0.2, 0) is 31.9 Å². The van der Waals surface area contributed by atoms with E-state index in [1.807, 2.05) is 16.9 Å². The first-order chi connectivity index (χ1) is 21.2. The van der Waals surface area contributed by atoms with E-state index in [0.29, 0.717) is 43.6 Å². The van der Waals surface area contributed by atoms with Gasteiger partial charge in [0.25, 0.3) is 0 Å². The second-order valence-electron chi connectivity index (χ2n) is 16.5. The maximum atomic E-state index is 13.3. The molecule has 0 aromatic carbocycles. The predicted molar refractivity (Wildman–Crippen MR) is 193 cm³/mol. The number of nitrogens with zero attached hydrogens (tertiary/aromatic N) is 3. The van der Waals surface area contributed by atoms with E-state index in [1.54, 1.807) is 6.20 Å². The Labute approximate surface area is 284 Å². The Morgan fingerprint density at radius 2 is 1.76 bits per heavy atom. The highest BCUT2D eigenvalue weighted by Crippen LogP contribution is 2.39.